The normalized spacial score (nSPS) is 19.2. The van der Waals surface area contributed by atoms with Crippen molar-refractivity contribution in [1.29, 1.82) is 0 Å². The van der Waals surface area contributed by atoms with Crippen LogP contribution in [-0.2, 0) is 12.8 Å². The SMILES string of the molecule is O=c1[nH][nH]c2c1CCCCCCCCC2. The van der Waals surface area contributed by atoms with Crippen LogP contribution in [-0.4, -0.2) is 10.2 Å². The molecule has 0 bridgehead atoms. The van der Waals surface area contributed by atoms with Crippen molar-refractivity contribution in [3.63, 3.8) is 0 Å². The molecule has 1 aliphatic rings. The van der Waals surface area contributed by atoms with Crippen LogP contribution in [0.3, 0.4) is 0 Å². The maximum absolute atomic E-state index is 11.5. The van der Waals surface area contributed by atoms with Crippen molar-refractivity contribution >= 4 is 0 Å². The Kier molecular flexibility index (Phi) is 3.64. The molecule has 0 saturated carbocycles. The molecular formula is C12H20N2O. The van der Waals surface area contributed by atoms with Gasteiger partial charge in [0, 0.05) is 11.3 Å². The highest BCUT2D eigenvalue weighted by Gasteiger charge is 2.09. The van der Waals surface area contributed by atoms with Gasteiger partial charge in [-0.15, -0.1) is 0 Å². The fourth-order valence-corrected chi connectivity index (χ4v) is 2.39. The van der Waals surface area contributed by atoms with Crippen LogP contribution in [0.4, 0.5) is 0 Å². The molecule has 0 fully saturated rings. The van der Waals surface area contributed by atoms with Gasteiger partial charge in [-0.25, -0.2) is 0 Å². The molecule has 1 aliphatic carbocycles. The topological polar surface area (TPSA) is 48.6 Å². The molecule has 2 N–H and O–H groups in total. The predicted molar refractivity (Wildman–Crippen MR) is 61.1 cm³/mol. The van der Waals surface area contributed by atoms with Gasteiger partial charge in [0.2, 0.25) is 0 Å². The minimum atomic E-state index is 0.101. The van der Waals surface area contributed by atoms with Crippen LogP contribution in [0.2, 0.25) is 0 Å². The molecule has 1 heterocycles. The lowest BCUT2D eigenvalue weighted by Gasteiger charge is -1.99. The lowest BCUT2D eigenvalue weighted by molar-refractivity contribution is 0.585. The Morgan fingerprint density at radius 3 is 2.07 bits per heavy atom. The zero-order chi connectivity index (χ0) is 10.5. The molecule has 1 aromatic rings. The molecular weight excluding hydrogens is 188 g/mol. The van der Waals surface area contributed by atoms with Gasteiger partial charge in [0.1, 0.15) is 0 Å². The van der Waals surface area contributed by atoms with E-state index in [4.69, 9.17) is 0 Å². The highest BCUT2D eigenvalue weighted by atomic mass is 16.1. The smallest absolute Gasteiger partial charge is 0.267 e. The largest absolute Gasteiger partial charge is 0.302 e. The summed E-state index contributed by atoms with van der Waals surface area (Å²) in [5, 5.41) is 5.74. The van der Waals surface area contributed by atoms with Gasteiger partial charge in [0.25, 0.3) is 5.56 Å². The quantitative estimate of drug-likeness (QED) is 0.676. The van der Waals surface area contributed by atoms with Crippen LogP contribution in [0.5, 0.6) is 0 Å². The molecule has 0 aliphatic heterocycles. The fraction of sp³-hybridized carbons (Fsp3) is 0.750. The Morgan fingerprint density at radius 2 is 1.33 bits per heavy atom. The van der Waals surface area contributed by atoms with E-state index in [1.165, 1.54) is 38.5 Å². The molecule has 0 radical (unpaired) electrons. The number of fused-ring (bicyclic) bond motifs is 1. The van der Waals surface area contributed by atoms with E-state index in [1.54, 1.807) is 0 Å². The second-order valence-electron chi connectivity index (χ2n) is 4.51. The first-order chi connectivity index (χ1) is 7.38. The highest BCUT2D eigenvalue weighted by Crippen LogP contribution is 2.15. The molecule has 0 amide bonds. The van der Waals surface area contributed by atoms with Gasteiger partial charge < -0.3 is 5.10 Å². The molecule has 15 heavy (non-hydrogen) atoms. The second-order valence-corrected chi connectivity index (χ2v) is 4.51. The molecule has 1 aromatic heterocycles. The van der Waals surface area contributed by atoms with Crippen molar-refractivity contribution in [2.24, 2.45) is 0 Å². The summed E-state index contributed by atoms with van der Waals surface area (Å²) in [7, 11) is 0. The second kappa shape index (κ2) is 5.19. The maximum atomic E-state index is 11.5. The minimum Gasteiger partial charge on any atom is -0.302 e. The van der Waals surface area contributed by atoms with Gasteiger partial charge in [-0.05, 0) is 25.7 Å². The van der Waals surface area contributed by atoms with E-state index in [2.05, 4.69) is 10.2 Å². The summed E-state index contributed by atoms with van der Waals surface area (Å²) < 4.78 is 0. The van der Waals surface area contributed by atoms with Crippen LogP contribution in [0.25, 0.3) is 0 Å². The van der Waals surface area contributed by atoms with Gasteiger partial charge in [-0.3, -0.25) is 9.89 Å². The number of nitrogens with one attached hydrogen (secondary N) is 2. The van der Waals surface area contributed by atoms with Crippen LogP contribution >= 0.6 is 0 Å². The van der Waals surface area contributed by atoms with Gasteiger partial charge in [-0.2, -0.15) is 0 Å². The van der Waals surface area contributed by atoms with E-state index < -0.39 is 0 Å². The fourth-order valence-electron chi connectivity index (χ4n) is 2.39. The van der Waals surface area contributed by atoms with Crippen molar-refractivity contribution in [2.45, 2.75) is 57.8 Å². The first kappa shape index (κ1) is 10.5. The molecule has 3 heteroatoms. The van der Waals surface area contributed by atoms with Gasteiger partial charge in [0.15, 0.2) is 0 Å². The number of rotatable bonds is 0. The standard InChI is InChI=1S/C12H20N2O/c15-12-10-8-6-4-2-1-3-5-7-9-11(10)13-14-12/h1-9H2,(H2,13,14,15). The van der Waals surface area contributed by atoms with Gasteiger partial charge in [-0.1, -0.05) is 32.1 Å². The Hall–Kier alpha value is -0.990. The third kappa shape index (κ3) is 2.74. The van der Waals surface area contributed by atoms with Gasteiger partial charge >= 0.3 is 0 Å². The zero-order valence-electron chi connectivity index (χ0n) is 9.27. The monoisotopic (exact) mass is 208 g/mol. The summed E-state index contributed by atoms with van der Waals surface area (Å²) in [5.41, 5.74) is 2.27. The number of aromatic nitrogens is 2. The molecule has 84 valence electrons. The van der Waals surface area contributed by atoms with Crippen molar-refractivity contribution < 1.29 is 0 Å². The van der Waals surface area contributed by atoms with Gasteiger partial charge in [0.05, 0.1) is 0 Å². The van der Waals surface area contributed by atoms with Crippen molar-refractivity contribution in [3.05, 3.63) is 21.6 Å². The molecule has 0 aromatic carbocycles. The minimum absolute atomic E-state index is 0.101. The van der Waals surface area contributed by atoms with E-state index in [0.717, 1.165) is 30.5 Å². The summed E-state index contributed by atoms with van der Waals surface area (Å²) in [6.07, 6.45) is 11.0. The van der Waals surface area contributed by atoms with Crippen molar-refractivity contribution in [3.8, 4) is 0 Å². The third-order valence-electron chi connectivity index (χ3n) is 3.32. The third-order valence-corrected chi connectivity index (χ3v) is 3.32. The zero-order valence-corrected chi connectivity index (χ0v) is 9.27. The highest BCUT2D eigenvalue weighted by molar-refractivity contribution is 5.16. The molecule has 0 spiro atoms. The molecule has 0 atom stereocenters. The number of hydrogen-bond donors (Lipinski definition) is 2. The number of hydrogen-bond acceptors (Lipinski definition) is 1. The van der Waals surface area contributed by atoms with E-state index in [0.29, 0.717) is 0 Å². The van der Waals surface area contributed by atoms with Crippen LogP contribution in [0.1, 0.15) is 56.2 Å². The predicted octanol–water partition coefficient (Wildman–Crippen LogP) is 2.53. The van der Waals surface area contributed by atoms with Crippen molar-refractivity contribution in [1.82, 2.24) is 10.2 Å². The van der Waals surface area contributed by atoms with E-state index >= 15 is 0 Å². The Labute approximate surface area is 90.3 Å². The number of aryl methyl sites for hydroxylation is 1. The average Bonchev–Trinajstić information content (AvgIpc) is 2.56. The lowest BCUT2D eigenvalue weighted by Crippen LogP contribution is -2.07. The molecule has 0 saturated heterocycles. The van der Waals surface area contributed by atoms with Crippen LogP contribution in [0, 0.1) is 0 Å². The summed E-state index contributed by atoms with van der Waals surface area (Å²) >= 11 is 0. The van der Waals surface area contributed by atoms with Crippen LogP contribution < -0.4 is 5.56 Å². The molecule has 2 rings (SSSR count). The number of H-pyrrole nitrogens is 2. The van der Waals surface area contributed by atoms with E-state index in [9.17, 15) is 4.79 Å². The lowest BCUT2D eigenvalue weighted by atomic mass is 10.1. The Balaban J connectivity index is 2.09. The summed E-state index contributed by atoms with van der Waals surface area (Å²) in [6, 6.07) is 0. The van der Waals surface area contributed by atoms with E-state index in [-0.39, 0.29) is 5.56 Å². The number of aromatic amines is 2. The Morgan fingerprint density at radius 1 is 0.733 bits per heavy atom. The first-order valence-corrected chi connectivity index (χ1v) is 6.16. The average molecular weight is 208 g/mol. The maximum Gasteiger partial charge on any atom is 0.267 e. The van der Waals surface area contributed by atoms with Crippen LogP contribution in [0.15, 0.2) is 4.79 Å². The summed E-state index contributed by atoms with van der Waals surface area (Å²) in [4.78, 5) is 11.5. The molecule has 0 unspecified atom stereocenters. The molecule has 3 nitrogen and oxygen atoms in total. The Bertz CT molecular complexity index is 351. The van der Waals surface area contributed by atoms with E-state index in [1.807, 2.05) is 0 Å². The van der Waals surface area contributed by atoms with Crippen molar-refractivity contribution in [2.75, 3.05) is 0 Å². The summed E-state index contributed by atoms with van der Waals surface area (Å²) in [6.45, 7) is 0. The first-order valence-electron chi connectivity index (χ1n) is 6.16. The summed E-state index contributed by atoms with van der Waals surface area (Å²) in [5.74, 6) is 0.